The van der Waals surface area contributed by atoms with Gasteiger partial charge in [-0.1, -0.05) is 30.3 Å². The number of halogens is 1. The highest BCUT2D eigenvalue weighted by Gasteiger charge is 2.36. The Bertz CT molecular complexity index is 1420. The zero-order valence-corrected chi connectivity index (χ0v) is 21.1. The summed E-state index contributed by atoms with van der Waals surface area (Å²) in [7, 11) is 0. The van der Waals surface area contributed by atoms with Crippen LogP contribution in [0.2, 0.25) is 0 Å². The Labute approximate surface area is 219 Å². The van der Waals surface area contributed by atoms with Crippen molar-refractivity contribution in [2.45, 2.75) is 13.5 Å². The fourth-order valence-corrected chi connectivity index (χ4v) is 4.20. The largest absolute Gasteiger partial charge is 0.490 e. The number of rotatable bonds is 8. The first-order valence-corrected chi connectivity index (χ1v) is 11.9. The highest BCUT2D eigenvalue weighted by Crippen LogP contribution is 2.38. The summed E-state index contributed by atoms with van der Waals surface area (Å²) in [6, 6.07) is 16.7. The number of ether oxygens (including phenoxy) is 2. The molecule has 0 unspecified atom stereocenters. The molecule has 4 rings (SSSR count). The normalized spacial score (nSPS) is 14.5. The van der Waals surface area contributed by atoms with Gasteiger partial charge in [-0.15, -0.1) is 0 Å². The maximum Gasteiger partial charge on any atom is 0.335 e. The van der Waals surface area contributed by atoms with Gasteiger partial charge in [-0.3, -0.25) is 25.0 Å². The maximum atomic E-state index is 13.1. The van der Waals surface area contributed by atoms with Crippen LogP contribution in [-0.2, 0) is 16.2 Å². The van der Waals surface area contributed by atoms with Gasteiger partial charge < -0.3 is 9.47 Å². The molecule has 0 radical (unpaired) electrons. The molecule has 11 heteroatoms. The maximum absolute atomic E-state index is 13.1. The number of benzene rings is 3. The molecule has 3 aromatic rings. The topological polar surface area (TPSA) is 128 Å². The Morgan fingerprint density at radius 2 is 1.78 bits per heavy atom. The van der Waals surface area contributed by atoms with Crippen LogP contribution in [0, 0.1) is 10.1 Å². The van der Waals surface area contributed by atoms with Crippen molar-refractivity contribution in [3.63, 3.8) is 0 Å². The molecule has 0 aromatic heterocycles. The van der Waals surface area contributed by atoms with Crippen molar-refractivity contribution in [1.82, 2.24) is 5.32 Å². The first-order valence-electron chi connectivity index (χ1n) is 11.1. The van der Waals surface area contributed by atoms with Gasteiger partial charge in [0.1, 0.15) is 12.2 Å². The van der Waals surface area contributed by atoms with Gasteiger partial charge in [-0.2, -0.15) is 0 Å². The lowest BCUT2D eigenvalue weighted by Crippen LogP contribution is -2.54. The fraction of sp³-hybridized carbons (Fsp3) is 0.115. The number of carbonyl (C=O) groups is 3. The number of nitrogens with one attached hydrogen (secondary N) is 1. The molecule has 1 heterocycles. The van der Waals surface area contributed by atoms with E-state index in [-0.39, 0.29) is 17.9 Å². The van der Waals surface area contributed by atoms with Crippen molar-refractivity contribution in [2.24, 2.45) is 0 Å². The first-order chi connectivity index (χ1) is 17.8. The van der Waals surface area contributed by atoms with Crippen molar-refractivity contribution in [3.05, 3.63) is 98.0 Å². The third kappa shape index (κ3) is 5.67. The molecule has 37 heavy (non-hydrogen) atoms. The number of para-hydroxylation sites is 1. The van der Waals surface area contributed by atoms with Gasteiger partial charge in [0.15, 0.2) is 11.5 Å². The van der Waals surface area contributed by atoms with E-state index in [0.29, 0.717) is 39.4 Å². The first kappa shape index (κ1) is 25.6. The summed E-state index contributed by atoms with van der Waals surface area (Å²) in [5.41, 5.74) is 1.07. The summed E-state index contributed by atoms with van der Waals surface area (Å²) >= 11 is 3.44. The molecule has 0 atom stereocenters. The third-order valence-corrected chi connectivity index (χ3v) is 5.85. The summed E-state index contributed by atoms with van der Waals surface area (Å²) in [4.78, 5) is 49.5. The van der Waals surface area contributed by atoms with Crippen molar-refractivity contribution in [2.75, 3.05) is 11.5 Å². The van der Waals surface area contributed by atoms with Gasteiger partial charge in [-0.05, 0) is 64.3 Å². The standard InChI is InChI=1S/C26H20BrN3O7/c1-2-36-22-14-17(13-21(27)23(22)37-15-16-7-6-10-19(11-16)30(34)35)12-20-24(31)28-26(33)29(25(20)32)18-8-4-3-5-9-18/h3-14H,2,15H2,1H3,(H,28,31,33)/b20-12+. The number of urea groups is 1. The molecule has 188 valence electrons. The number of imide groups is 2. The van der Waals surface area contributed by atoms with Crippen LogP contribution in [0.4, 0.5) is 16.2 Å². The molecular weight excluding hydrogens is 546 g/mol. The molecule has 0 spiro atoms. The second-order valence-electron chi connectivity index (χ2n) is 7.77. The molecule has 0 saturated carbocycles. The van der Waals surface area contributed by atoms with E-state index in [9.17, 15) is 24.5 Å². The van der Waals surface area contributed by atoms with Gasteiger partial charge in [-0.25, -0.2) is 9.69 Å². The fourth-order valence-electron chi connectivity index (χ4n) is 3.63. The summed E-state index contributed by atoms with van der Waals surface area (Å²) in [6.07, 6.45) is 1.36. The zero-order chi connectivity index (χ0) is 26.5. The monoisotopic (exact) mass is 565 g/mol. The van der Waals surface area contributed by atoms with Crippen LogP contribution in [0.25, 0.3) is 6.08 Å². The molecule has 0 aliphatic carbocycles. The third-order valence-electron chi connectivity index (χ3n) is 5.26. The predicted octanol–water partition coefficient (Wildman–Crippen LogP) is 5.00. The minimum absolute atomic E-state index is 0.0375. The number of nitrogens with zero attached hydrogens (tertiary/aromatic N) is 2. The molecule has 4 amide bonds. The van der Waals surface area contributed by atoms with Gasteiger partial charge in [0, 0.05) is 12.1 Å². The number of hydrogen-bond acceptors (Lipinski definition) is 7. The van der Waals surface area contributed by atoms with Crippen LogP contribution in [-0.4, -0.2) is 29.4 Å². The molecule has 1 aliphatic rings. The summed E-state index contributed by atoms with van der Waals surface area (Å²) in [5.74, 6) is -0.910. The van der Waals surface area contributed by atoms with E-state index >= 15 is 0 Å². The van der Waals surface area contributed by atoms with E-state index in [2.05, 4.69) is 21.2 Å². The SMILES string of the molecule is CCOc1cc(/C=C2\C(=O)NC(=O)N(c3ccccc3)C2=O)cc(Br)c1OCc1cccc([N+](=O)[O-])c1. The summed E-state index contributed by atoms with van der Waals surface area (Å²) < 4.78 is 12.1. The van der Waals surface area contributed by atoms with Crippen LogP contribution >= 0.6 is 15.9 Å². The molecule has 0 bridgehead atoms. The number of carbonyl (C=O) groups excluding carboxylic acids is 3. The minimum atomic E-state index is -0.834. The molecule has 1 N–H and O–H groups in total. The van der Waals surface area contributed by atoms with E-state index in [4.69, 9.17) is 9.47 Å². The Kier molecular flexibility index (Phi) is 7.63. The van der Waals surface area contributed by atoms with E-state index < -0.39 is 22.8 Å². The van der Waals surface area contributed by atoms with Gasteiger partial charge in [0.05, 0.1) is 21.7 Å². The zero-order valence-electron chi connectivity index (χ0n) is 19.5. The molecule has 1 fully saturated rings. The van der Waals surface area contributed by atoms with Crippen molar-refractivity contribution in [3.8, 4) is 11.5 Å². The predicted molar refractivity (Wildman–Crippen MR) is 138 cm³/mol. The number of anilines is 1. The molecule has 1 saturated heterocycles. The Balaban J connectivity index is 1.64. The number of nitro benzene ring substituents is 1. The Morgan fingerprint density at radius 1 is 1.03 bits per heavy atom. The van der Waals surface area contributed by atoms with Crippen molar-refractivity contribution < 1.29 is 28.8 Å². The Morgan fingerprint density at radius 3 is 2.49 bits per heavy atom. The number of amides is 4. The second kappa shape index (κ2) is 11.0. The van der Waals surface area contributed by atoms with E-state index in [1.165, 1.54) is 18.2 Å². The summed E-state index contributed by atoms with van der Waals surface area (Å²) in [5, 5.41) is 13.2. The smallest absolute Gasteiger partial charge is 0.335 e. The number of nitro groups is 1. The van der Waals surface area contributed by atoms with E-state index in [0.717, 1.165) is 4.90 Å². The van der Waals surface area contributed by atoms with Crippen LogP contribution in [0.3, 0.4) is 0 Å². The van der Waals surface area contributed by atoms with Gasteiger partial charge in [0.2, 0.25) is 0 Å². The van der Waals surface area contributed by atoms with Crippen LogP contribution in [0.15, 0.2) is 76.8 Å². The molecule has 1 aliphatic heterocycles. The lowest BCUT2D eigenvalue weighted by molar-refractivity contribution is -0.384. The van der Waals surface area contributed by atoms with Crippen molar-refractivity contribution >= 4 is 51.2 Å². The molecule has 10 nitrogen and oxygen atoms in total. The molecule has 3 aromatic carbocycles. The van der Waals surface area contributed by atoms with Crippen LogP contribution < -0.4 is 19.7 Å². The highest BCUT2D eigenvalue weighted by atomic mass is 79.9. The van der Waals surface area contributed by atoms with Gasteiger partial charge in [0.25, 0.3) is 17.5 Å². The molecular formula is C26H20BrN3O7. The van der Waals surface area contributed by atoms with E-state index in [1.807, 2.05) is 0 Å². The average Bonchev–Trinajstić information content (AvgIpc) is 2.87. The number of non-ortho nitro benzene ring substituents is 1. The Hall–Kier alpha value is -4.51. The van der Waals surface area contributed by atoms with Crippen LogP contribution in [0.5, 0.6) is 11.5 Å². The van der Waals surface area contributed by atoms with Crippen molar-refractivity contribution in [1.29, 1.82) is 0 Å². The second-order valence-corrected chi connectivity index (χ2v) is 8.63. The van der Waals surface area contributed by atoms with Gasteiger partial charge >= 0.3 is 6.03 Å². The minimum Gasteiger partial charge on any atom is -0.490 e. The lowest BCUT2D eigenvalue weighted by atomic mass is 10.1. The van der Waals surface area contributed by atoms with E-state index in [1.54, 1.807) is 61.5 Å². The lowest BCUT2D eigenvalue weighted by Gasteiger charge is -2.26. The quantitative estimate of drug-likeness (QED) is 0.176. The number of hydrogen-bond donors (Lipinski definition) is 1. The summed E-state index contributed by atoms with van der Waals surface area (Å²) in [6.45, 7) is 2.12. The average molecular weight is 566 g/mol. The highest BCUT2D eigenvalue weighted by molar-refractivity contribution is 9.10. The van der Waals surface area contributed by atoms with Crippen LogP contribution in [0.1, 0.15) is 18.1 Å². The number of barbiturate groups is 1.